The molecule has 0 bridgehead atoms. The van der Waals surface area contributed by atoms with Gasteiger partial charge in [0.2, 0.25) is 0 Å². The van der Waals surface area contributed by atoms with Gasteiger partial charge in [0, 0.05) is 5.88 Å². The Hall–Kier alpha value is -0.790. The molecule has 1 nitrogen and oxygen atoms in total. The van der Waals surface area contributed by atoms with Crippen LogP contribution >= 0.6 is 11.6 Å². The molecule has 0 amide bonds. The minimum Gasteiger partial charge on any atom is -0.381 e. The molecule has 1 atom stereocenters. The zero-order valence-electron chi connectivity index (χ0n) is 9.20. The second kappa shape index (κ2) is 5.34. The Morgan fingerprint density at radius 2 is 1.93 bits per heavy atom. The van der Waals surface area contributed by atoms with E-state index in [2.05, 4.69) is 0 Å². The Bertz CT molecular complexity index is 328. The van der Waals surface area contributed by atoms with Crippen LogP contribution in [0.15, 0.2) is 42.0 Å². The van der Waals surface area contributed by atoms with Crippen LogP contribution in [0, 0.1) is 0 Å². The van der Waals surface area contributed by atoms with E-state index in [4.69, 9.17) is 11.6 Å². The van der Waals surface area contributed by atoms with E-state index >= 15 is 0 Å². The predicted octanol–water partition coefficient (Wildman–Crippen LogP) is 3.47. The molecule has 82 valence electrons. The largest absolute Gasteiger partial charge is 0.381 e. The SMILES string of the molecule is CC(C)=CC(O)(CCCl)c1ccccc1. The van der Waals surface area contributed by atoms with Crippen molar-refractivity contribution in [3.05, 3.63) is 47.5 Å². The van der Waals surface area contributed by atoms with Crippen LogP contribution in [-0.4, -0.2) is 11.0 Å². The Labute approximate surface area is 96.4 Å². The summed E-state index contributed by atoms with van der Waals surface area (Å²) >= 11 is 5.73. The molecule has 15 heavy (non-hydrogen) atoms. The van der Waals surface area contributed by atoms with Gasteiger partial charge in [-0.1, -0.05) is 35.9 Å². The Morgan fingerprint density at radius 1 is 1.33 bits per heavy atom. The lowest BCUT2D eigenvalue weighted by Crippen LogP contribution is -2.23. The fraction of sp³-hybridized carbons (Fsp3) is 0.385. The zero-order valence-corrected chi connectivity index (χ0v) is 9.96. The van der Waals surface area contributed by atoms with E-state index in [0.717, 1.165) is 11.1 Å². The van der Waals surface area contributed by atoms with Gasteiger partial charge in [-0.3, -0.25) is 0 Å². The van der Waals surface area contributed by atoms with Crippen LogP contribution in [0.3, 0.4) is 0 Å². The van der Waals surface area contributed by atoms with E-state index < -0.39 is 5.60 Å². The van der Waals surface area contributed by atoms with Crippen molar-refractivity contribution >= 4 is 11.6 Å². The topological polar surface area (TPSA) is 20.2 Å². The van der Waals surface area contributed by atoms with E-state index in [9.17, 15) is 5.11 Å². The fourth-order valence-electron chi connectivity index (χ4n) is 1.65. The van der Waals surface area contributed by atoms with Crippen LogP contribution in [0.5, 0.6) is 0 Å². The van der Waals surface area contributed by atoms with Crippen molar-refractivity contribution in [2.24, 2.45) is 0 Å². The minimum absolute atomic E-state index is 0.440. The molecule has 0 aromatic heterocycles. The van der Waals surface area contributed by atoms with Gasteiger partial charge in [0.25, 0.3) is 0 Å². The molecular weight excluding hydrogens is 208 g/mol. The van der Waals surface area contributed by atoms with Crippen molar-refractivity contribution in [2.75, 3.05) is 5.88 Å². The molecule has 0 saturated heterocycles. The maximum Gasteiger partial charge on any atom is 0.109 e. The standard InChI is InChI=1S/C13H17ClO/c1-11(2)10-13(15,8-9-14)12-6-4-3-5-7-12/h3-7,10,15H,8-9H2,1-2H3. The number of rotatable bonds is 4. The summed E-state index contributed by atoms with van der Waals surface area (Å²) in [6.07, 6.45) is 2.40. The minimum atomic E-state index is -0.929. The summed E-state index contributed by atoms with van der Waals surface area (Å²) in [5, 5.41) is 10.5. The van der Waals surface area contributed by atoms with Gasteiger partial charge in [0.15, 0.2) is 0 Å². The molecule has 1 N–H and O–H groups in total. The molecular formula is C13H17ClO. The van der Waals surface area contributed by atoms with Crippen molar-refractivity contribution in [3.63, 3.8) is 0 Å². The van der Waals surface area contributed by atoms with E-state index in [1.165, 1.54) is 0 Å². The van der Waals surface area contributed by atoms with E-state index in [0.29, 0.717) is 12.3 Å². The summed E-state index contributed by atoms with van der Waals surface area (Å²) in [6.45, 7) is 3.95. The zero-order chi connectivity index (χ0) is 11.3. The van der Waals surface area contributed by atoms with Crippen molar-refractivity contribution < 1.29 is 5.11 Å². The summed E-state index contributed by atoms with van der Waals surface area (Å²) < 4.78 is 0. The molecule has 1 rings (SSSR count). The van der Waals surface area contributed by atoms with Crippen LogP contribution in [0.1, 0.15) is 25.8 Å². The Balaban J connectivity index is 3.07. The van der Waals surface area contributed by atoms with Crippen molar-refractivity contribution in [2.45, 2.75) is 25.9 Å². The second-order valence-electron chi connectivity index (χ2n) is 3.95. The normalized spacial score (nSPS) is 14.4. The first-order valence-corrected chi connectivity index (χ1v) is 5.62. The average Bonchev–Trinajstić information content (AvgIpc) is 2.18. The average molecular weight is 225 g/mol. The highest BCUT2D eigenvalue weighted by molar-refractivity contribution is 6.17. The molecule has 0 aliphatic carbocycles. The number of halogens is 1. The molecule has 0 aliphatic heterocycles. The molecule has 0 spiro atoms. The molecule has 0 heterocycles. The van der Waals surface area contributed by atoms with E-state index in [-0.39, 0.29) is 0 Å². The predicted molar refractivity (Wildman–Crippen MR) is 65.1 cm³/mol. The number of hydrogen-bond acceptors (Lipinski definition) is 1. The number of hydrogen-bond donors (Lipinski definition) is 1. The van der Waals surface area contributed by atoms with Crippen LogP contribution in [0.25, 0.3) is 0 Å². The molecule has 0 saturated carbocycles. The molecule has 0 aliphatic rings. The monoisotopic (exact) mass is 224 g/mol. The third kappa shape index (κ3) is 3.37. The first-order chi connectivity index (χ1) is 7.08. The summed E-state index contributed by atoms with van der Waals surface area (Å²) in [6, 6.07) is 9.63. The van der Waals surface area contributed by atoms with Gasteiger partial charge in [-0.15, -0.1) is 11.6 Å². The highest BCUT2D eigenvalue weighted by Gasteiger charge is 2.25. The third-order valence-corrected chi connectivity index (χ3v) is 2.47. The summed E-state index contributed by atoms with van der Waals surface area (Å²) in [5.41, 5.74) is 1.06. The van der Waals surface area contributed by atoms with E-state index in [1.54, 1.807) is 0 Å². The van der Waals surface area contributed by atoms with Crippen LogP contribution < -0.4 is 0 Å². The molecule has 1 unspecified atom stereocenters. The number of aliphatic hydroxyl groups is 1. The smallest absolute Gasteiger partial charge is 0.109 e. The first kappa shape index (κ1) is 12.3. The number of benzene rings is 1. The van der Waals surface area contributed by atoms with Gasteiger partial charge in [-0.25, -0.2) is 0 Å². The highest BCUT2D eigenvalue weighted by Crippen LogP contribution is 2.28. The van der Waals surface area contributed by atoms with Gasteiger partial charge >= 0.3 is 0 Å². The lowest BCUT2D eigenvalue weighted by atomic mass is 9.89. The van der Waals surface area contributed by atoms with Crippen molar-refractivity contribution in [1.82, 2.24) is 0 Å². The summed E-state index contributed by atoms with van der Waals surface area (Å²) in [7, 11) is 0. The summed E-state index contributed by atoms with van der Waals surface area (Å²) in [4.78, 5) is 0. The number of alkyl halides is 1. The summed E-state index contributed by atoms with van der Waals surface area (Å²) in [5.74, 6) is 0.440. The third-order valence-electron chi connectivity index (χ3n) is 2.28. The molecule has 0 fully saturated rings. The maximum absolute atomic E-state index is 10.5. The molecule has 0 radical (unpaired) electrons. The fourth-order valence-corrected chi connectivity index (χ4v) is 1.94. The number of allylic oxidation sites excluding steroid dienone is 1. The quantitative estimate of drug-likeness (QED) is 0.614. The van der Waals surface area contributed by atoms with Crippen molar-refractivity contribution in [1.29, 1.82) is 0 Å². The lowest BCUT2D eigenvalue weighted by Gasteiger charge is -2.25. The molecule has 1 aromatic carbocycles. The molecule has 2 heteroatoms. The van der Waals surface area contributed by atoms with Crippen LogP contribution in [0.2, 0.25) is 0 Å². The lowest BCUT2D eigenvalue weighted by molar-refractivity contribution is 0.0853. The highest BCUT2D eigenvalue weighted by atomic mass is 35.5. The van der Waals surface area contributed by atoms with Gasteiger partial charge < -0.3 is 5.11 Å². The van der Waals surface area contributed by atoms with Gasteiger partial charge in [0.1, 0.15) is 5.60 Å². The van der Waals surface area contributed by atoms with Gasteiger partial charge in [-0.2, -0.15) is 0 Å². The van der Waals surface area contributed by atoms with Crippen LogP contribution in [-0.2, 0) is 5.60 Å². The second-order valence-corrected chi connectivity index (χ2v) is 4.33. The van der Waals surface area contributed by atoms with Crippen molar-refractivity contribution in [3.8, 4) is 0 Å². The molecule has 1 aromatic rings. The maximum atomic E-state index is 10.5. The van der Waals surface area contributed by atoms with Gasteiger partial charge in [-0.05, 0) is 31.9 Å². The van der Waals surface area contributed by atoms with E-state index in [1.807, 2.05) is 50.3 Å². The Kier molecular flexibility index (Phi) is 4.37. The first-order valence-electron chi connectivity index (χ1n) is 5.08. The van der Waals surface area contributed by atoms with Crippen LogP contribution in [0.4, 0.5) is 0 Å². The van der Waals surface area contributed by atoms with Gasteiger partial charge in [0.05, 0.1) is 0 Å². The Morgan fingerprint density at radius 3 is 2.40 bits per heavy atom.